The van der Waals surface area contributed by atoms with Crippen LogP contribution < -0.4 is 11.1 Å². The van der Waals surface area contributed by atoms with Crippen LogP contribution in [0.15, 0.2) is 29.9 Å². The number of nitrogens with two attached hydrogens (primary N) is 1. The molecule has 3 N–H and O–H groups in total. The monoisotopic (exact) mass is 350 g/mol. The lowest BCUT2D eigenvalue weighted by atomic mass is 10.0. The van der Waals surface area contributed by atoms with Gasteiger partial charge in [0.1, 0.15) is 17.5 Å². The summed E-state index contributed by atoms with van der Waals surface area (Å²) in [5, 5.41) is 14.7. The Bertz CT molecular complexity index is 937. The highest BCUT2D eigenvalue weighted by Gasteiger charge is 2.15. The summed E-state index contributed by atoms with van der Waals surface area (Å²) in [6.45, 7) is 6.07. The fraction of sp³-hybridized carbons (Fsp3) is 0.222. The second-order valence-electron chi connectivity index (χ2n) is 6.01. The van der Waals surface area contributed by atoms with Crippen molar-refractivity contribution in [3.05, 3.63) is 41.0 Å². The average molecular weight is 350 g/mol. The largest absolute Gasteiger partial charge is 0.383 e. The van der Waals surface area contributed by atoms with Crippen LogP contribution in [0, 0.1) is 18.3 Å². The fourth-order valence-electron chi connectivity index (χ4n) is 2.40. The number of nitriles is 1. The van der Waals surface area contributed by atoms with E-state index >= 15 is 0 Å². The number of nitrogens with one attached hydrogen (secondary N) is 1. The van der Waals surface area contributed by atoms with Crippen LogP contribution in [0.25, 0.3) is 21.7 Å². The SMILES string of the molecule is Cc1csc(-c2cc(-c3cnc(NC(C)C)nc3)c(C#N)c(N)n2)c1. The molecule has 0 fully saturated rings. The molecule has 6 nitrogen and oxygen atoms in total. The van der Waals surface area contributed by atoms with Crippen LogP contribution in [-0.4, -0.2) is 21.0 Å². The fourth-order valence-corrected chi connectivity index (χ4v) is 3.26. The Morgan fingerprint density at radius 1 is 1.24 bits per heavy atom. The van der Waals surface area contributed by atoms with Crippen LogP contribution in [0.3, 0.4) is 0 Å². The first-order valence-electron chi connectivity index (χ1n) is 7.83. The molecule has 0 bridgehead atoms. The molecule has 0 saturated carbocycles. The van der Waals surface area contributed by atoms with E-state index in [9.17, 15) is 5.26 Å². The highest BCUT2D eigenvalue weighted by atomic mass is 32.1. The van der Waals surface area contributed by atoms with Gasteiger partial charge < -0.3 is 11.1 Å². The Morgan fingerprint density at radius 3 is 2.52 bits per heavy atom. The summed E-state index contributed by atoms with van der Waals surface area (Å²) in [5.41, 5.74) is 9.69. The minimum atomic E-state index is 0.213. The minimum Gasteiger partial charge on any atom is -0.383 e. The van der Waals surface area contributed by atoms with Crippen LogP contribution in [0.2, 0.25) is 0 Å². The van der Waals surface area contributed by atoms with E-state index < -0.39 is 0 Å². The van der Waals surface area contributed by atoms with E-state index in [2.05, 4.69) is 37.8 Å². The third-order valence-corrected chi connectivity index (χ3v) is 4.59. The Kier molecular flexibility index (Phi) is 4.63. The minimum absolute atomic E-state index is 0.213. The predicted octanol–water partition coefficient (Wildman–Crippen LogP) is 3.85. The summed E-state index contributed by atoms with van der Waals surface area (Å²) in [6, 6.07) is 6.30. The molecule has 0 atom stereocenters. The van der Waals surface area contributed by atoms with Crippen molar-refractivity contribution in [2.45, 2.75) is 26.8 Å². The molecule has 25 heavy (non-hydrogen) atoms. The molecule has 0 aromatic carbocycles. The van der Waals surface area contributed by atoms with Crippen LogP contribution >= 0.6 is 11.3 Å². The van der Waals surface area contributed by atoms with Crippen molar-refractivity contribution in [1.82, 2.24) is 15.0 Å². The highest BCUT2D eigenvalue weighted by Crippen LogP contribution is 2.33. The summed E-state index contributed by atoms with van der Waals surface area (Å²) in [5.74, 6) is 0.763. The van der Waals surface area contributed by atoms with Crippen LogP contribution in [0.4, 0.5) is 11.8 Å². The molecular formula is C18H18N6S. The van der Waals surface area contributed by atoms with Crippen molar-refractivity contribution in [3.63, 3.8) is 0 Å². The quantitative estimate of drug-likeness (QED) is 0.741. The predicted molar refractivity (Wildman–Crippen MR) is 101 cm³/mol. The number of aryl methyl sites for hydroxylation is 1. The third kappa shape index (κ3) is 3.59. The number of thiophene rings is 1. The summed E-state index contributed by atoms with van der Waals surface area (Å²) < 4.78 is 0. The van der Waals surface area contributed by atoms with Crippen LogP contribution in [-0.2, 0) is 0 Å². The molecule has 0 amide bonds. The zero-order valence-electron chi connectivity index (χ0n) is 14.2. The lowest BCUT2D eigenvalue weighted by molar-refractivity contribution is 0.874. The van der Waals surface area contributed by atoms with Gasteiger partial charge in [0.25, 0.3) is 0 Å². The highest BCUT2D eigenvalue weighted by molar-refractivity contribution is 7.13. The van der Waals surface area contributed by atoms with Gasteiger partial charge in [0, 0.05) is 29.6 Å². The molecule has 0 aliphatic rings. The van der Waals surface area contributed by atoms with Gasteiger partial charge in [-0.1, -0.05) is 0 Å². The van der Waals surface area contributed by atoms with E-state index in [0.29, 0.717) is 17.1 Å². The maximum Gasteiger partial charge on any atom is 0.222 e. The lowest BCUT2D eigenvalue weighted by Crippen LogP contribution is -2.12. The van der Waals surface area contributed by atoms with Crippen LogP contribution in [0.5, 0.6) is 0 Å². The van der Waals surface area contributed by atoms with Crippen molar-refractivity contribution in [3.8, 4) is 27.8 Å². The average Bonchev–Trinajstić information content (AvgIpc) is 3.01. The van der Waals surface area contributed by atoms with Gasteiger partial charge in [-0.25, -0.2) is 15.0 Å². The smallest absolute Gasteiger partial charge is 0.222 e. The second kappa shape index (κ2) is 6.87. The third-order valence-electron chi connectivity index (χ3n) is 3.52. The Hall–Kier alpha value is -2.98. The van der Waals surface area contributed by atoms with Crippen LogP contribution in [0.1, 0.15) is 25.0 Å². The lowest BCUT2D eigenvalue weighted by Gasteiger charge is -2.11. The molecule has 3 aromatic rings. The van der Waals surface area contributed by atoms with E-state index in [4.69, 9.17) is 5.73 Å². The number of hydrogen-bond donors (Lipinski definition) is 2. The number of hydrogen-bond acceptors (Lipinski definition) is 7. The molecule has 0 unspecified atom stereocenters. The maximum atomic E-state index is 9.48. The zero-order valence-corrected chi connectivity index (χ0v) is 15.1. The van der Waals surface area contributed by atoms with Gasteiger partial charge in [-0.15, -0.1) is 11.3 Å². The molecule has 0 aliphatic heterocycles. The van der Waals surface area contributed by atoms with Gasteiger partial charge in [-0.05, 0) is 43.8 Å². The molecular weight excluding hydrogens is 332 g/mol. The zero-order chi connectivity index (χ0) is 18.0. The first-order valence-corrected chi connectivity index (χ1v) is 8.71. The molecule has 3 heterocycles. The van der Waals surface area contributed by atoms with Gasteiger partial charge in [0.15, 0.2) is 0 Å². The van der Waals surface area contributed by atoms with E-state index in [-0.39, 0.29) is 11.9 Å². The number of aromatic nitrogens is 3. The van der Waals surface area contributed by atoms with Crippen molar-refractivity contribution < 1.29 is 0 Å². The Morgan fingerprint density at radius 2 is 1.96 bits per heavy atom. The molecule has 0 aliphatic carbocycles. The first kappa shape index (κ1) is 16.9. The summed E-state index contributed by atoms with van der Waals surface area (Å²) in [7, 11) is 0. The van der Waals surface area contributed by atoms with Gasteiger partial charge in [-0.3, -0.25) is 0 Å². The summed E-state index contributed by atoms with van der Waals surface area (Å²) >= 11 is 1.60. The van der Waals surface area contributed by atoms with E-state index in [1.54, 1.807) is 23.7 Å². The number of rotatable bonds is 4. The van der Waals surface area contributed by atoms with Crippen molar-refractivity contribution in [2.24, 2.45) is 0 Å². The molecule has 3 rings (SSSR count). The van der Waals surface area contributed by atoms with Gasteiger partial charge in [0.05, 0.1) is 10.6 Å². The number of anilines is 2. The first-order chi connectivity index (χ1) is 12.0. The number of pyridine rings is 1. The van der Waals surface area contributed by atoms with Gasteiger partial charge in [0.2, 0.25) is 5.95 Å². The molecule has 0 radical (unpaired) electrons. The van der Waals surface area contributed by atoms with Crippen molar-refractivity contribution in [2.75, 3.05) is 11.1 Å². The van der Waals surface area contributed by atoms with E-state index in [1.165, 1.54) is 5.56 Å². The van der Waals surface area contributed by atoms with Gasteiger partial charge in [-0.2, -0.15) is 5.26 Å². The number of nitrogen functional groups attached to an aromatic ring is 1. The maximum absolute atomic E-state index is 9.48. The summed E-state index contributed by atoms with van der Waals surface area (Å²) in [4.78, 5) is 14.0. The molecule has 3 aromatic heterocycles. The standard InChI is InChI=1S/C18H18N6S/c1-10(2)23-18-21-7-12(8-22-18)13-5-15(16-4-11(3)9-25-16)24-17(20)14(13)6-19/h4-5,7-10H,1-3H3,(H2,20,24)(H,21,22,23). The summed E-state index contributed by atoms with van der Waals surface area (Å²) in [6.07, 6.45) is 3.38. The molecule has 126 valence electrons. The van der Waals surface area contributed by atoms with E-state index in [0.717, 1.165) is 16.1 Å². The Balaban J connectivity index is 2.08. The molecule has 0 spiro atoms. The molecule has 0 saturated heterocycles. The van der Waals surface area contributed by atoms with Crippen molar-refractivity contribution >= 4 is 23.1 Å². The van der Waals surface area contributed by atoms with E-state index in [1.807, 2.05) is 26.8 Å². The topological polar surface area (TPSA) is 101 Å². The number of nitrogens with zero attached hydrogens (tertiary/aromatic N) is 4. The van der Waals surface area contributed by atoms with Gasteiger partial charge >= 0.3 is 0 Å². The Labute approximate surface area is 150 Å². The normalized spacial score (nSPS) is 10.7. The van der Waals surface area contributed by atoms with Crippen molar-refractivity contribution in [1.29, 1.82) is 5.26 Å². The second-order valence-corrected chi connectivity index (χ2v) is 6.92. The molecule has 7 heteroatoms.